The van der Waals surface area contributed by atoms with Crippen LogP contribution in [0.15, 0.2) is 12.2 Å². The quantitative estimate of drug-likeness (QED) is 0.439. The third kappa shape index (κ3) is 1.76. The third-order valence-electron chi connectivity index (χ3n) is 6.89. The summed E-state index contributed by atoms with van der Waals surface area (Å²) < 4.78 is 5.01. The number of nitrogens with zero attached hydrogens (tertiary/aromatic N) is 2. The van der Waals surface area contributed by atoms with Gasteiger partial charge in [0.2, 0.25) is 0 Å². The van der Waals surface area contributed by atoms with Crippen LogP contribution in [-0.2, 0) is 14.3 Å². The van der Waals surface area contributed by atoms with Gasteiger partial charge in [-0.05, 0) is 43.4 Å². The highest BCUT2D eigenvalue weighted by Crippen LogP contribution is 2.61. The van der Waals surface area contributed by atoms with E-state index >= 15 is 0 Å². The highest BCUT2D eigenvalue weighted by molar-refractivity contribution is 5.76. The Kier molecular flexibility index (Phi) is 3.35. The van der Waals surface area contributed by atoms with Crippen molar-refractivity contribution in [3.63, 3.8) is 0 Å². The van der Waals surface area contributed by atoms with E-state index in [1.54, 1.807) is 0 Å². The van der Waals surface area contributed by atoms with E-state index in [1.165, 1.54) is 7.11 Å². The summed E-state index contributed by atoms with van der Waals surface area (Å²) in [6.07, 6.45) is 9.08. The van der Waals surface area contributed by atoms with Crippen LogP contribution in [0.3, 0.4) is 0 Å². The average Bonchev–Trinajstić information content (AvgIpc) is 2.86. The maximum Gasteiger partial charge on any atom is 0.311 e. The minimum Gasteiger partial charge on any atom is -0.469 e. The van der Waals surface area contributed by atoms with Crippen molar-refractivity contribution >= 4 is 12.3 Å². The number of rotatable bonds is 2. The molecule has 5 heteroatoms. The lowest BCUT2D eigenvalue weighted by Gasteiger charge is -2.57. The van der Waals surface area contributed by atoms with Crippen molar-refractivity contribution in [1.82, 2.24) is 4.90 Å². The molecule has 5 nitrogen and oxygen atoms in total. The molecule has 0 amide bonds. The van der Waals surface area contributed by atoms with E-state index < -0.39 is 17.4 Å². The molecule has 2 aliphatic heterocycles. The molecular formula is C18H22N2O3. The highest BCUT2D eigenvalue weighted by Gasteiger charge is 2.67. The fourth-order valence-corrected chi connectivity index (χ4v) is 6.13. The van der Waals surface area contributed by atoms with Crippen LogP contribution in [0.1, 0.15) is 25.7 Å². The summed E-state index contributed by atoms with van der Waals surface area (Å²) in [5.74, 6) is 0.128. The second-order valence-electron chi connectivity index (χ2n) is 7.51. The number of carbonyl (C=O) groups is 2. The molecule has 122 valence electrons. The van der Waals surface area contributed by atoms with Crippen molar-refractivity contribution in [2.75, 3.05) is 13.7 Å². The van der Waals surface area contributed by atoms with E-state index in [2.05, 4.69) is 23.1 Å². The fraction of sp³-hybridized carbons (Fsp3) is 0.722. The first-order valence-corrected chi connectivity index (χ1v) is 8.52. The van der Waals surface area contributed by atoms with Gasteiger partial charge in [0.25, 0.3) is 0 Å². The Morgan fingerprint density at radius 1 is 1.43 bits per heavy atom. The smallest absolute Gasteiger partial charge is 0.311 e. The summed E-state index contributed by atoms with van der Waals surface area (Å²) in [4.78, 5) is 26.8. The number of nitriles is 1. The van der Waals surface area contributed by atoms with Crippen LogP contribution in [0.2, 0.25) is 0 Å². The van der Waals surface area contributed by atoms with Gasteiger partial charge in [0.05, 0.1) is 19.1 Å². The minimum absolute atomic E-state index is 0.00602. The topological polar surface area (TPSA) is 70.4 Å². The van der Waals surface area contributed by atoms with Crippen LogP contribution in [0.4, 0.5) is 0 Å². The zero-order chi connectivity index (χ0) is 16.2. The van der Waals surface area contributed by atoms with Crippen molar-refractivity contribution in [3.8, 4) is 6.07 Å². The minimum atomic E-state index is -0.462. The van der Waals surface area contributed by atoms with E-state index in [4.69, 9.17) is 4.74 Å². The number of hydrogen-bond donors (Lipinski definition) is 0. The monoisotopic (exact) mass is 314 g/mol. The van der Waals surface area contributed by atoms with E-state index in [1.807, 2.05) is 0 Å². The summed E-state index contributed by atoms with van der Waals surface area (Å²) >= 11 is 0. The van der Waals surface area contributed by atoms with Gasteiger partial charge in [-0.15, -0.1) is 0 Å². The molecule has 4 bridgehead atoms. The standard InChI is InChI=1S/C18H22N2O3/c1-23-17(22)15-12-5-6-13-11-4-2-3-7-18(13,10-21)16(12)20(9-11)14(15)8-19/h2-3,10-16H,4-7,9H2,1H3/t11-,12-,13+,14-,15+,16+,18+/m0/s1. The van der Waals surface area contributed by atoms with Crippen LogP contribution in [0.25, 0.3) is 0 Å². The van der Waals surface area contributed by atoms with Crippen LogP contribution in [-0.4, -0.2) is 42.9 Å². The van der Waals surface area contributed by atoms with Gasteiger partial charge in [0.1, 0.15) is 12.3 Å². The highest BCUT2D eigenvalue weighted by atomic mass is 16.5. The Morgan fingerprint density at radius 3 is 2.96 bits per heavy atom. The summed E-state index contributed by atoms with van der Waals surface area (Å²) in [6.45, 7) is 0.817. The molecule has 0 N–H and O–H groups in total. The zero-order valence-corrected chi connectivity index (χ0v) is 13.4. The number of allylic oxidation sites excluding steroid dienone is 2. The molecule has 0 radical (unpaired) electrons. The van der Waals surface area contributed by atoms with E-state index in [9.17, 15) is 14.9 Å². The molecule has 23 heavy (non-hydrogen) atoms. The maximum absolute atomic E-state index is 12.4. The molecule has 0 unspecified atom stereocenters. The SMILES string of the molecule is COC(=O)[C@@H]1[C@@H]2CC[C@@H]3[C@H]4CC=CC[C@]3(C=O)[C@@H]2N(C4)[C@H]1C#N. The molecule has 7 atom stereocenters. The van der Waals surface area contributed by atoms with Gasteiger partial charge in [0.15, 0.2) is 0 Å². The lowest BCUT2D eigenvalue weighted by molar-refractivity contribution is -0.149. The maximum atomic E-state index is 12.4. The number of methoxy groups -OCH3 is 1. The van der Waals surface area contributed by atoms with Gasteiger partial charge in [-0.2, -0.15) is 5.26 Å². The summed E-state index contributed by atoms with van der Waals surface area (Å²) in [5.41, 5.74) is -0.434. The van der Waals surface area contributed by atoms with Crippen molar-refractivity contribution < 1.29 is 14.3 Å². The third-order valence-corrected chi connectivity index (χ3v) is 6.89. The molecule has 2 heterocycles. The molecular weight excluding hydrogens is 292 g/mol. The van der Waals surface area contributed by atoms with Crippen LogP contribution < -0.4 is 0 Å². The van der Waals surface area contributed by atoms with Gasteiger partial charge in [-0.1, -0.05) is 12.2 Å². The molecule has 1 saturated carbocycles. The van der Waals surface area contributed by atoms with Crippen LogP contribution in [0, 0.1) is 40.4 Å². The Bertz CT molecular complexity index is 610. The fourth-order valence-electron chi connectivity index (χ4n) is 6.13. The molecule has 0 aromatic rings. The molecule has 2 aliphatic carbocycles. The largest absolute Gasteiger partial charge is 0.469 e. The Morgan fingerprint density at radius 2 is 2.26 bits per heavy atom. The van der Waals surface area contributed by atoms with Gasteiger partial charge >= 0.3 is 5.97 Å². The number of aldehydes is 1. The molecule has 2 saturated heterocycles. The lowest BCUT2D eigenvalue weighted by atomic mass is 9.53. The van der Waals surface area contributed by atoms with Gasteiger partial charge < -0.3 is 9.53 Å². The van der Waals surface area contributed by atoms with Gasteiger partial charge in [-0.3, -0.25) is 9.69 Å². The molecule has 4 rings (SSSR count). The lowest BCUT2D eigenvalue weighted by Crippen LogP contribution is -2.63. The number of piperidine rings is 1. The molecule has 0 aromatic heterocycles. The zero-order valence-electron chi connectivity index (χ0n) is 13.4. The Balaban J connectivity index is 1.85. The second kappa shape index (κ2) is 5.17. The van der Waals surface area contributed by atoms with Crippen LogP contribution >= 0.6 is 0 Å². The molecule has 0 aromatic carbocycles. The van der Waals surface area contributed by atoms with Crippen molar-refractivity contribution in [1.29, 1.82) is 5.26 Å². The first-order valence-electron chi connectivity index (χ1n) is 8.52. The summed E-state index contributed by atoms with van der Waals surface area (Å²) in [7, 11) is 1.39. The normalized spacial score (nSPS) is 47.5. The van der Waals surface area contributed by atoms with Crippen molar-refractivity contribution in [2.24, 2.45) is 29.1 Å². The predicted molar refractivity (Wildman–Crippen MR) is 82.0 cm³/mol. The van der Waals surface area contributed by atoms with Gasteiger partial charge in [-0.25, -0.2) is 0 Å². The number of hydrogen-bond acceptors (Lipinski definition) is 5. The van der Waals surface area contributed by atoms with E-state index in [0.717, 1.165) is 38.5 Å². The molecule has 3 fully saturated rings. The van der Waals surface area contributed by atoms with Crippen molar-refractivity contribution in [3.05, 3.63) is 12.2 Å². The number of carbonyl (C=O) groups excluding carboxylic acids is 2. The van der Waals surface area contributed by atoms with Crippen molar-refractivity contribution in [2.45, 2.75) is 37.8 Å². The number of esters is 1. The average molecular weight is 314 g/mol. The van der Waals surface area contributed by atoms with E-state index in [0.29, 0.717) is 11.8 Å². The van der Waals surface area contributed by atoms with Gasteiger partial charge in [0, 0.05) is 18.0 Å². The first kappa shape index (κ1) is 14.9. The Hall–Kier alpha value is -1.67. The second-order valence-corrected chi connectivity index (χ2v) is 7.51. The predicted octanol–water partition coefficient (Wildman–Crippen LogP) is 1.54. The van der Waals surface area contributed by atoms with Crippen LogP contribution in [0.5, 0.6) is 0 Å². The summed E-state index contributed by atoms with van der Waals surface area (Å²) in [6, 6.07) is 1.90. The molecule has 4 aliphatic rings. The number of ether oxygens (including phenoxy) is 1. The van der Waals surface area contributed by atoms with E-state index in [-0.39, 0.29) is 17.9 Å². The molecule has 0 spiro atoms. The summed E-state index contributed by atoms with van der Waals surface area (Å²) in [5, 5.41) is 9.73. The first-order chi connectivity index (χ1) is 11.2. The Labute approximate surface area is 136 Å².